The summed E-state index contributed by atoms with van der Waals surface area (Å²) >= 11 is 5.84. The molecular formula is C11H12ClF2NO2. The van der Waals surface area contributed by atoms with E-state index in [-0.39, 0.29) is 23.4 Å². The number of hydrogen-bond donors (Lipinski definition) is 2. The summed E-state index contributed by atoms with van der Waals surface area (Å²) in [7, 11) is 0. The molecule has 1 aromatic rings. The highest BCUT2D eigenvalue weighted by molar-refractivity contribution is 6.31. The van der Waals surface area contributed by atoms with Crippen molar-refractivity contribution >= 4 is 17.6 Å². The van der Waals surface area contributed by atoms with E-state index < -0.39 is 18.4 Å². The van der Waals surface area contributed by atoms with E-state index in [1.165, 1.54) is 18.2 Å². The van der Waals surface area contributed by atoms with Crippen LogP contribution in [0.4, 0.5) is 8.78 Å². The van der Waals surface area contributed by atoms with Crippen LogP contribution in [0.3, 0.4) is 0 Å². The quantitative estimate of drug-likeness (QED) is 0.858. The molecule has 0 heterocycles. The number of aliphatic carboxylic acids is 1. The van der Waals surface area contributed by atoms with Gasteiger partial charge in [-0.3, -0.25) is 4.79 Å². The molecule has 1 atom stereocenters. The fourth-order valence-corrected chi connectivity index (χ4v) is 1.67. The van der Waals surface area contributed by atoms with Crippen LogP contribution in [0, 0.1) is 0 Å². The monoisotopic (exact) mass is 263 g/mol. The number of hydrogen-bond acceptors (Lipinski definition) is 2. The maximum Gasteiger partial charge on any atom is 0.303 e. The minimum Gasteiger partial charge on any atom is -0.481 e. The molecule has 0 aliphatic carbocycles. The number of rotatable bonds is 5. The highest BCUT2D eigenvalue weighted by Gasteiger charge is 2.15. The Bertz CT molecular complexity index is 412. The van der Waals surface area contributed by atoms with Gasteiger partial charge in [0.1, 0.15) is 0 Å². The van der Waals surface area contributed by atoms with Crippen molar-refractivity contribution in [3.8, 4) is 0 Å². The van der Waals surface area contributed by atoms with Gasteiger partial charge in [-0.15, -0.1) is 0 Å². The van der Waals surface area contributed by atoms with Crippen LogP contribution in [-0.2, 0) is 4.79 Å². The van der Waals surface area contributed by atoms with Crippen molar-refractivity contribution in [2.45, 2.75) is 25.3 Å². The molecule has 0 saturated carbocycles. The summed E-state index contributed by atoms with van der Waals surface area (Å²) in [6.45, 7) is 0. The van der Waals surface area contributed by atoms with Crippen LogP contribution in [-0.4, -0.2) is 11.1 Å². The largest absolute Gasteiger partial charge is 0.481 e. The molecule has 94 valence electrons. The third kappa shape index (κ3) is 3.94. The molecule has 17 heavy (non-hydrogen) atoms. The maximum atomic E-state index is 12.5. The van der Waals surface area contributed by atoms with Crippen molar-refractivity contribution in [1.29, 1.82) is 0 Å². The minimum absolute atomic E-state index is 0.129. The number of alkyl halides is 2. The van der Waals surface area contributed by atoms with Crippen molar-refractivity contribution in [1.82, 2.24) is 0 Å². The normalized spacial score (nSPS) is 12.8. The Morgan fingerprint density at radius 2 is 2.12 bits per heavy atom. The first-order valence-electron chi connectivity index (χ1n) is 4.96. The second-order valence-corrected chi connectivity index (χ2v) is 4.03. The average Bonchev–Trinajstić information content (AvgIpc) is 2.26. The molecule has 1 rings (SSSR count). The second-order valence-electron chi connectivity index (χ2n) is 3.62. The Labute approximate surface area is 102 Å². The summed E-state index contributed by atoms with van der Waals surface area (Å²) in [6, 6.07) is 3.14. The van der Waals surface area contributed by atoms with E-state index in [0.717, 1.165) is 0 Å². The Hall–Kier alpha value is -1.20. The predicted molar refractivity (Wildman–Crippen MR) is 60.2 cm³/mol. The molecular weight excluding hydrogens is 252 g/mol. The number of benzene rings is 1. The fourth-order valence-electron chi connectivity index (χ4n) is 1.42. The lowest BCUT2D eigenvalue weighted by Crippen LogP contribution is -2.13. The second kappa shape index (κ2) is 5.93. The van der Waals surface area contributed by atoms with E-state index in [4.69, 9.17) is 22.4 Å². The highest BCUT2D eigenvalue weighted by Crippen LogP contribution is 2.29. The Morgan fingerprint density at radius 1 is 1.47 bits per heavy atom. The molecule has 0 aliphatic rings. The summed E-state index contributed by atoms with van der Waals surface area (Å²) in [6.07, 6.45) is -2.57. The van der Waals surface area contributed by atoms with Crippen molar-refractivity contribution in [3.05, 3.63) is 34.3 Å². The number of carbonyl (C=O) groups is 1. The zero-order valence-electron chi connectivity index (χ0n) is 8.87. The topological polar surface area (TPSA) is 63.3 Å². The van der Waals surface area contributed by atoms with Gasteiger partial charge in [0.05, 0.1) is 0 Å². The SMILES string of the molecule is NC(CCC(=O)O)c1cc(C(F)F)ccc1Cl. The van der Waals surface area contributed by atoms with Crippen molar-refractivity contribution in [2.75, 3.05) is 0 Å². The third-order valence-corrected chi connectivity index (χ3v) is 2.68. The Morgan fingerprint density at radius 3 is 2.65 bits per heavy atom. The molecule has 1 aromatic carbocycles. The molecule has 3 N–H and O–H groups in total. The summed E-state index contributed by atoms with van der Waals surface area (Å²) in [5.41, 5.74) is 5.90. The van der Waals surface area contributed by atoms with Gasteiger partial charge in [0, 0.05) is 23.0 Å². The smallest absolute Gasteiger partial charge is 0.303 e. The van der Waals surface area contributed by atoms with Crippen LogP contribution >= 0.6 is 11.6 Å². The molecule has 0 radical (unpaired) electrons. The molecule has 0 fully saturated rings. The third-order valence-electron chi connectivity index (χ3n) is 2.34. The van der Waals surface area contributed by atoms with Gasteiger partial charge in [0.2, 0.25) is 0 Å². The zero-order chi connectivity index (χ0) is 13.0. The van der Waals surface area contributed by atoms with Gasteiger partial charge in [-0.25, -0.2) is 8.78 Å². The Kier molecular flexibility index (Phi) is 4.84. The number of halogens is 3. The van der Waals surface area contributed by atoms with Crippen LogP contribution in [0.25, 0.3) is 0 Å². The lowest BCUT2D eigenvalue weighted by atomic mass is 10.0. The molecule has 0 saturated heterocycles. The number of nitrogens with two attached hydrogens (primary N) is 1. The first-order chi connectivity index (χ1) is 7.91. The van der Waals surface area contributed by atoms with Gasteiger partial charge < -0.3 is 10.8 Å². The van der Waals surface area contributed by atoms with E-state index in [1.807, 2.05) is 0 Å². The van der Waals surface area contributed by atoms with Gasteiger partial charge in [0.25, 0.3) is 6.43 Å². The lowest BCUT2D eigenvalue weighted by Gasteiger charge is -2.14. The standard InChI is InChI=1S/C11H12ClF2NO2/c12-8-2-1-6(11(13)14)5-7(8)9(15)3-4-10(16)17/h1-2,5,9,11H,3-4,15H2,(H,16,17). The van der Waals surface area contributed by atoms with E-state index in [0.29, 0.717) is 5.56 Å². The average molecular weight is 264 g/mol. The van der Waals surface area contributed by atoms with Gasteiger partial charge in [-0.1, -0.05) is 17.7 Å². The molecule has 6 heteroatoms. The minimum atomic E-state index is -2.60. The number of carboxylic acid groups (broad SMARTS) is 1. The van der Waals surface area contributed by atoms with Crippen LogP contribution in [0.1, 0.15) is 36.4 Å². The van der Waals surface area contributed by atoms with Crippen LogP contribution in [0.5, 0.6) is 0 Å². The summed E-state index contributed by atoms with van der Waals surface area (Å²) in [5.74, 6) is -0.985. The fraction of sp³-hybridized carbons (Fsp3) is 0.364. The van der Waals surface area contributed by atoms with Crippen molar-refractivity contribution in [2.24, 2.45) is 5.73 Å². The van der Waals surface area contributed by atoms with Crippen molar-refractivity contribution in [3.63, 3.8) is 0 Å². The van der Waals surface area contributed by atoms with Gasteiger partial charge in [-0.05, 0) is 24.1 Å². The molecule has 0 aromatic heterocycles. The van der Waals surface area contributed by atoms with E-state index >= 15 is 0 Å². The van der Waals surface area contributed by atoms with E-state index in [9.17, 15) is 13.6 Å². The molecule has 0 bridgehead atoms. The first-order valence-corrected chi connectivity index (χ1v) is 5.34. The van der Waals surface area contributed by atoms with Gasteiger partial charge in [0.15, 0.2) is 0 Å². The van der Waals surface area contributed by atoms with E-state index in [1.54, 1.807) is 0 Å². The van der Waals surface area contributed by atoms with Crippen molar-refractivity contribution < 1.29 is 18.7 Å². The summed E-state index contributed by atoms with van der Waals surface area (Å²) in [5, 5.41) is 8.78. The lowest BCUT2D eigenvalue weighted by molar-refractivity contribution is -0.137. The van der Waals surface area contributed by atoms with E-state index in [2.05, 4.69) is 0 Å². The molecule has 3 nitrogen and oxygen atoms in total. The van der Waals surface area contributed by atoms with Crippen LogP contribution in [0.2, 0.25) is 5.02 Å². The van der Waals surface area contributed by atoms with Gasteiger partial charge >= 0.3 is 5.97 Å². The summed E-state index contributed by atoms with van der Waals surface area (Å²) in [4.78, 5) is 10.4. The molecule has 0 aliphatic heterocycles. The maximum absolute atomic E-state index is 12.5. The predicted octanol–water partition coefficient (Wildman–Crippen LogP) is 3.14. The van der Waals surface area contributed by atoms with Gasteiger partial charge in [-0.2, -0.15) is 0 Å². The molecule has 1 unspecified atom stereocenters. The Balaban J connectivity index is 2.87. The molecule has 0 spiro atoms. The van der Waals surface area contributed by atoms with Crippen LogP contribution < -0.4 is 5.73 Å². The highest BCUT2D eigenvalue weighted by atomic mass is 35.5. The number of carboxylic acids is 1. The summed E-state index contributed by atoms with van der Waals surface area (Å²) < 4.78 is 25.0. The first kappa shape index (κ1) is 13.9. The van der Waals surface area contributed by atoms with Crippen LogP contribution in [0.15, 0.2) is 18.2 Å². The molecule has 0 amide bonds. The zero-order valence-corrected chi connectivity index (χ0v) is 9.62.